The summed E-state index contributed by atoms with van der Waals surface area (Å²) in [4.78, 5) is 27.2. The molecule has 0 radical (unpaired) electrons. The van der Waals surface area contributed by atoms with Crippen LogP contribution in [0.25, 0.3) is 0 Å². The Balaban J connectivity index is 2.73. The fourth-order valence-electron chi connectivity index (χ4n) is 1.82. The Hall–Kier alpha value is -1.36. The summed E-state index contributed by atoms with van der Waals surface area (Å²) in [6.07, 6.45) is 0. The molecule has 0 aliphatic carbocycles. The van der Waals surface area contributed by atoms with Gasteiger partial charge in [0.25, 0.3) is 5.91 Å². The molecule has 0 saturated carbocycles. The van der Waals surface area contributed by atoms with Crippen LogP contribution in [0.15, 0.2) is 6.07 Å². The van der Waals surface area contributed by atoms with Gasteiger partial charge in [0.05, 0.1) is 18.6 Å². The van der Waals surface area contributed by atoms with E-state index in [1.165, 1.54) is 7.11 Å². The highest BCUT2D eigenvalue weighted by Gasteiger charge is 2.21. The van der Waals surface area contributed by atoms with Crippen LogP contribution in [0.4, 0.5) is 0 Å². The molecule has 1 rings (SSSR count). The number of esters is 1. The van der Waals surface area contributed by atoms with Crippen LogP contribution in [0.1, 0.15) is 27.0 Å². The molecule has 0 spiro atoms. The molecule has 100 valence electrons. The predicted molar refractivity (Wildman–Crippen MR) is 71.9 cm³/mol. The van der Waals surface area contributed by atoms with Crippen molar-refractivity contribution in [1.29, 1.82) is 0 Å². The highest BCUT2D eigenvalue weighted by molar-refractivity contribution is 7.12. The van der Waals surface area contributed by atoms with Gasteiger partial charge in [0, 0.05) is 23.3 Å². The van der Waals surface area contributed by atoms with E-state index >= 15 is 0 Å². The van der Waals surface area contributed by atoms with Crippen LogP contribution >= 0.6 is 11.3 Å². The number of thiophene rings is 1. The van der Waals surface area contributed by atoms with Crippen LogP contribution < -0.4 is 0 Å². The quantitative estimate of drug-likeness (QED) is 0.788. The lowest BCUT2D eigenvalue weighted by molar-refractivity contribution is -0.145. The number of ether oxygens (including phenoxy) is 1. The molecule has 0 aliphatic rings. The Morgan fingerprint density at radius 3 is 2.50 bits per heavy atom. The van der Waals surface area contributed by atoms with E-state index in [-0.39, 0.29) is 17.8 Å². The van der Waals surface area contributed by atoms with Gasteiger partial charge in [-0.05, 0) is 19.9 Å². The van der Waals surface area contributed by atoms with Gasteiger partial charge in [0.1, 0.15) is 0 Å². The second kappa shape index (κ2) is 6.00. The lowest BCUT2D eigenvalue weighted by Crippen LogP contribution is -2.34. The zero-order valence-corrected chi connectivity index (χ0v) is 12.3. The number of carbonyl (C=O) groups is 2. The van der Waals surface area contributed by atoms with E-state index in [0.29, 0.717) is 6.54 Å². The minimum absolute atomic E-state index is 0.0485. The van der Waals surface area contributed by atoms with E-state index < -0.39 is 0 Å². The number of amides is 1. The topological polar surface area (TPSA) is 46.6 Å². The molecule has 1 aromatic rings. The monoisotopic (exact) mass is 269 g/mol. The average Bonchev–Trinajstić information content (AvgIpc) is 2.66. The van der Waals surface area contributed by atoms with E-state index in [1.54, 1.807) is 30.2 Å². The summed E-state index contributed by atoms with van der Waals surface area (Å²) in [5.74, 6) is -0.663. The third-order valence-corrected chi connectivity index (χ3v) is 3.74. The number of hydrogen-bond acceptors (Lipinski definition) is 4. The first-order valence-corrected chi connectivity index (χ1v) is 6.58. The van der Waals surface area contributed by atoms with E-state index in [4.69, 9.17) is 0 Å². The first kappa shape index (κ1) is 14.7. The lowest BCUT2D eigenvalue weighted by atomic mass is 10.1. The van der Waals surface area contributed by atoms with Gasteiger partial charge >= 0.3 is 5.97 Å². The SMILES string of the molecule is COC(=O)C(C)CN(C)C(=O)c1cc(C)sc1C. The molecule has 1 heterocycles. The Kier molecular flexibility index (Phi) is 4.90. The molecule has 1 unspecified atom stereocenters. The summed E-state index contributed by atoms with van der Waals surface area (Å²) < 4.78 is 4.65. The van der Waals surface area contributed by atoms with Crippen LogP contribution in [0.5, 0.6) is 0 Å². The number of carbonyl (C=O) groups excluding carboxylic acids is 2. The van der Waals surface area contributed by atoms with Crippen LogP contribution in [0, 0.1) is 19.8 Å². The molecule has 0 bridgehead atoms. The van der Waals surface area contributed by atoms with E-state index in [1.807, 2.05) is 19.9 Å². The Labute approximate surface area is 112 Å². The summed E-state index contributed by atoms with van der Waals surface area (Å²) in [6.45, 7) is 6.02. The Morgan fingerprint density at radius 2 is 2.06 bits per heavy atom. The first-order chi connectivity index (χ1) is 8.36. The second-order valence-corrected chi connectivity index (χ2v) is 5.90. The van der Waals surface area contributed by atoms with E-state index in [0.717, 1.165) is 15.3 Å². The van der Waals surface area contributed by atoms with Gasteiger partial charge in [-0.3, -0.25) is 9.59 Å². The molecule has 0 aliphatic heterocycles. The van der Waals surface area contributed by atoms with Crippen LogP contribution in [0.3, 0.4) is 0 Å². The Bertz CT molecular complexity index is 453. The molecule has 5 heteroatoms. The molecule has 4 nitrogen and oxygen atoms in total. The zero-order chi connectivity index (χ0) is 13.9. The van der Waals surface area contributed by atoms with Crippen molar-refractivity contribution in [3.8, 4) is 0 Å². The molecule has 1 aromatic heterocycles. The predicted octanol–water partition coefficient (Wildman–Crippen LogP) is 2.25. The van der Waals surface area contributed by atoms with Gasteiger partial charge in [0.15, 0.2) is 0 Å². The van der Waals surface area contributed by atoms with Crippen molar-refractivity contribution in [2.24, 2.45) is 5.92 Å². The van der Waals surface area contributed by atoms with Crippen molar-refractivity contribution in [3.63, 3.8) is 0 Å². The smallest absolute Gasteiger partial charge is 0.310 e. The van der Waals surface area contributed by atoms with Crippen molar-refractivity contribution < 1.29 is 14.3 Å². The molecule has 0 saturated heterocycles. The number of hydrogen-bond donors (Lipinski definition) is 0. The normalized spacial score (nSPS) is 12.1. The van der Waals surface area contributed by atoms with Gasteiger partial charge in [-0.1, -0.05) is 6.92 Å². The molecule has 0 N–H and O–H groups in total. The van der Waals surface area contributed by atoms with Gasteiger partial charge < -0.3 is 9.64 Å². The first-order valence-electron chi connectivity index (χ1n) is 5.77. The summed E-state index contributed by atoms with van der Waals surface area (Å²) in [6, 6.07) is 1.89. The lowest BCUT2D eigenvalue weighted by Gasteiger charge is -2.20. The number of methoxy groups -OCH3 is 1. The van der Waals surface area contributed by atoms with Crippen molar-refractivity contribution in [2.75, 3.05) is 20.7 Å². The van der Waals surface area contributed by atoms with Crippen LogP contribution in [-0.2, 0) is 9.53 Å². The van der Waals surface area contributed by atoms with Gasteiger partial charge in [0.2, 0.25) is 0 Å². The van der Waals surface area contributed by atoms with E-state index in [2.05, 4.69) is 4.74 Å². The molecular formula is C13H19NO3S. The molecule has 0 fully saturated rings. The minimum Gasteiger partial charge on any atom is -0.469 e. The number of aryl methyl sites for hydroxylation is 2. The summed E-state index contributed by atoms with van der Waals surface area (Å²) >= 11 is 1.61. The maximum absolute atomic E-state index is 12.2. The Morgan fingerprint density at radius 1 is 1.44 bits per heavy atom. The highest BCUT2D eigenvalue weighted by atomic mass is 32.1. The van der Waals surface area contributed by atoms with Gasteiger partial charge in [-0.15, -0.1) is 11.3 Å². The van der Waals surface area contributed by atoms with Crippen molar-refractivity contribution in [2.45, 2.75) is 20.8 Å². The van der Waals surface area contributed by atoms with Gasteiger partial charge in [-0.25, -0.2) is 0 Å². The summed E-state index contributed by atoms with van der Waals surface area (Å²) in [5, 5.41) is 0. The van der Waals surface area contributed by atoms with Crippen LogP contribution in [-0.4, -0.2) is 37.5 Å². The maximum atomic E-state index is 12.2. The fraction of sp³-hybridized carbons (Fsp3) is 0.538. The summed E-state index contributed by atoms with van der Waals surface area (Å²) in [7, 11) is 3.06. The number of rotatable bonds is 4. The molecule has 1 atom stereocenters. The van der Waals surface area contributed by atoms with Crippen molar-refractivity contribution >= 4 is 23.2 Å². The third kappa shape index (κ3) is 3.32. The van der Waals surface area contributed by atoms with E-state index in [9.17, 15) is 9.59 Å². The summed E-state index contributed by atoms with van der Waals surface area (Å²) in [5.41, 5.74) is 0.720. The number of nitrogens with zero attached hydrogens (tertiary/aromatic N) is 1. The second-order valence-electron chi connectivity index (χ2n) is 4.44. The standard InChI is InChI=1S/C13H19NO3S/c1-8(13(16)17-5)7-14(4)12(15)11-6-9(2)18-10(11)3/h6,8H,7H2,1-5H3. The molecule has 0 aromatic carbocycles. The fourth-order valence-corrected chi connectivity index (χ4v) is 2.73. The van der Waals surface area contributed by atoms with Crippen molar-refractivity contribution in [1.82, 2.24) is 4.90 Å². The van der Waals surface area contributed by atoms with Crippen LogP contribution in [0.2, 0.25) is 0 Å². The highest BCUT2D eigenvalue weighted by Crippen LogP contribution is 2.22. The zero-order valence-electron chi connectivity index (χ0n) is 11.4. The maximum Gasteiger partial charge on any atom is 0.310 e. The third-order valence-electron chi connectivity index (χ3n) is 2.77. The largest absolute Gasteiger partial charge is 0.469 e. The molecular weight excluding hydrogens is 250 g/mol. The molecule has 18 heavy (non-hydrogen) atoms. The minimum atomic E-state index is -0.316. The van der Waals surface area contributed by atoms with Crippen molar-refractivity contribution in [3.05, 3.63) is 21.4 Å². The average molecular weight is 269 g/mol. The van der Waals surface area contributed by atoms with Gasteiger partial charge in [-0.2, -0.15) is 0 Å². The molecule has 1 amide bonds.